The molecule has 1 N–H and O–H groups in total. The van der Waals surface area contributed by atoms with E-state index in [0.717, 1.165) is 23.7 Å². The summed E-state index contributed by atoms with van der Waals surface area (Å²) < 4.78 is 44.5. The first-order chi connectivity index (χ1) is 13.9. The second-order valence-corrected chi connectivity index (χ2v) is 7.22. The number of alkyl halides is 3. The molecule has 2 rings (SSSR count). The SMILES string of the molecule is CCc1c(C)c2c(c(N(C)C(=O)C(F)(F)F)c1C/C=C(/C)CCC(=O)O)C(=O)OC2. The molecule has 1 aromatic rings. The first-order valence-electron chi connectivity index (χ1n) is 9.46. The average Bonchev–Trinajstić information content (AvgIpc) is 3.04. The summed E-state index contributed by atoms with van der Waals surface area (Å²) in [7, 11) is 0.996. The number of anilines is 1. The van der Waals surface area contributed by atoms with E-state index in [1.807, 2.05) is 6.92 Å². The van der Waals surface area contributed by atoms with Crippen LogP contribution in [0.2, 0.25) is 0 Å². The highest BCUT2D eigenvalue weighted by Gasteiger charge is 2.44. The van der Waals surface area contributed by atoms with E-state index in [9.17, 15) is 27.6 Å². The molecule has 0 spiro atoms. The Morgan fingerprint density at radius 1 is 1.23 bits per heavy atom. The third kappa shape index (κ3) is 4.66. The van der Waals surface area contributed by atoms with Crippen LogP contribution < -0.4 is 4.90 Å². The van der Waals surface area contributed by atoms with E-state index in [-0.39, 0.29) is 37.1 Å². The van der Waals surface area contributed by atoms with Gasteiger partial charge >= 0.3 is 24.0 Å². The summed E-state index contributed by atoms with van der Waals surface area (Å²) in [5.41, 5.74) is 3.05. The highest BCUT2D eigenvalue weighted by atomic mass is 19.4. The molecule has 6 nitrogen and oxygen atoms in total. The predicted octanol–water partition coefficient (Wildman–Crippen LogP) is 4.11. The standard InChI is InChI=1S/C21H24F3NO5/c1-5-13-12(3)15-10-30-19(28)17(15)18(25(4)20(29)21(22,23)24)14(13)8-6-11(2)7-9-16(26)27/h6H,5,7-10H2,1-4H3,(H,26,27)/b11-6-. The quantitative estimate of drug-likeness (QED) is 0.523. The molecule has 0 aliphatic carbocycles. The van der Waals surface area contributed by atoms with Gasteiger partial charge in [-0.05, 0) is 49.8 Å². The normalized spacial score (nSPS) is 13.8. The summed E-state index contributed by atoms with van der Waals surface area (Å²) in [6, 6.07) is 0. The lowest BCUT2D eigenvalue weighted by atomic mass is 9.87. The number of halogens is 3. The van der Waals surface area contributed by atoms with Gasteiger partial charge in [0.25, 0.3) is 0 Å². The van der Waals surface area contributed by atoms with Gasteiger partial charge in [-0.3, -0.25) is 9.59 Å². The van der Waals surface area contributed by atoms with E-state index in [1.165, 1.54) is 0 Å². The number of carbonyl (C=O) groups is 3. The maximum absolute atomic E-state index is 13.1. The number of carboxylic acid groups (broad SMARTS) is 1. The third-order valence-electron chi connectivity index (χ3n) is 5.27. The number of ether oxygens (including phenoxy) is 1. The first kappa shape index (κ1) is 23.4. The number of rotatable bonds is 7. The van der Waals surface area contributed by atoms with Crippen molar-refractivity contribution in [1.82, 2.24) is 0 Å². The van der Waals surface area contributed by atoms with Crippen molar-refractivity contribution in [2.45, 2.75) is 59.2 Å². The van der Waals surface area contributed by atoms with Crippen LogP contribution in [0.4, 0.5) is 18.9 Å². The number of aliphatic carboxylic acids is 1. The molecule has 0 atom stereocenters. The number of benzene rings is 1. The molecule has 1 heterocycles. The van der Waals surface area contributed by atoms with Gasteiger partial charge in [-0.25, -0.2) is 4.79 Å². The van der Waals surface area contributed by atoms with E-state index in [4.69, 9.17) is 9.84 Å². The minimum absolute atomic E-state index is 0.0172. The van der Waals surface area contributed by atoms with Crippen LogP contribution in [0, 0.1) is 6.92 Å². The van der Waals surface area contributed by atoms with Gasteiger partial charge in [-0.2, -0.15) is 13.2 Å². The fourth-order valence-corrected chi connectivity index (χ4v) is 3.69. The molecule has 0 bridgehead atoms. The predicted molar refractivity (Wildman–Crippen MR) is 103 cm³/mol. The van der Waals surface area contributed by atoms with E-state index >= 15 is 0 Å². The third-order valence-corrected chi connectivity index (χ3v) is 5.27. The van der Waals surface area contributed by atoms with Gasteiger partial charge in [0, 0.05) is 19.0 Å². The van der Waals surface area contributed by atoms with E-state index in [1.54, 1.807) is 19.9 Å². The number of allylic oxidation sites excluding steroid dienone is 2. The topological polar surface area (TPSA) is 83.9 Å². The van der Waals surface area contributed by atoms with Crippen molar-refractivity contribution < 1.29 is 37.4 Å². The molecule has 9 heteroatoms. The Bertz CT molecular complexity index is 918. The van der Waals surface area contributed by atoms with Crippen molar-refractivity contribution in [3.63, 3.8) is 0 Å². The maximum atomic E-state index is 13.1. The number of hydrogen-bond donors (Lipinski definition) is 1. The highest BCUT2D eigenvalue weighted by molar-refractivity contribution is 6.07. The zero-order valence-electron chi connectivity index (χ0n) is 17.3. The highest BCUT2D eigenvalue weighted by Crippen LogP contribution is 2.40. The summed E-state index contributed by atoms with van der Waals surface area (Å²) in [6.45, 7) is 5.29. The summed E-state index contributed by atoms with van der Waals surface area (Å²) >= 11 is 0. The van der Waals surface area contributed by atoms with Crippen molar-refractivity contribution in [2.75, 3.05) is 11.9 Å². The van der Waals surface area contributed by atoms with E-state index < -0.39 is 24.0 Å². The maximum Gasteiger partial charge on any atom is 0.471 e. The molecule has 0 fully saturated rings. The second kappa shape index (κ2) is 8.89. The largest absolute Gasteiger partial charge is 0.481 e. The number of hydrogen-bond acceptors (Lipinski definition) is 4. The Morgan fingerprint density at radius 2 is 1.87 bits per heavy atom. The van der Waals surface area contributed by atoms with Gasteiger partial charge in [-0.15, -0.1) is 0 Å². The first-order valence-corrected chi connectivity index (χ1v) is 9.46. The molecule has 1 amide bonds. The van der Waals surface area contributed by atoms with Crippen molar-refractivity contribution >= 4 is 23.5 Å². The molecular weight excluding hydrogens is 403 g/mol. The van der Waals surface area contributed by atoms with Crippen molar-refractivity contribution in [3.05, 3.63) is 39.5 Å². The molecule has 30 heavy (non-hydrogen) atoms. The van der Waals surface area contributed by atoms with E-state index in [2.05, 4.69) is 0 Å². The Kier molecular flexibility index (Phi) is 6.95. The number of nitrogens with zero attached hydrogens (tertiary/aromatic N) is 1. The summed E-state index contributed by atoms with van der Waals surface area (Å²) in [4.78, 5) is 35.6. The van der Waals surface area contributed by atoms with Gasteiger partial charge in [0.15, 0.2) is 0 Å². The summed E-state index contributed by atoms with van der Waals surface area (Å²) in [5.74, 6) is -3.80. The summed E-state index contributed by atoms with van der Waals surface area (Å²) in [6.07, 6.45) is -2.54. The molecule has 1 aliphatic rings. The fourth-order valence-electron chi connectivity index (χ4n) is 3.69. The Labute approximate surface area is 172 Å². The number of esters is 1. The van der Waals surface area contributed by atoms with Crippen molar-refractivity contribution in [2.24, 2.45) is 0 Å². The molecule has 0 saturated heterocycles. The lowest BCUT2D eigenvalue weighted by Crippen LogP contribution is -2.40. The molecular formula is C21H24F3NO5. The number of fused-ring (bicyclic) bond motifs is 1. The van der Waals surface area contributed by atoms with Gasteiger partial charge < -0.3 is 14.7 Å². The number of amides is 1. The zero-order chi connectivity index (χ0) is 22.8. The van der Waals surface area contributed by atoms with Crippen LogP contribution in [0.15, 0.2) is 11.6 Å². The van der Waals surface area contributed by atoms with Gasteiger partial charge in [0.05, 0.1) is 11.3 Å². The van der Waals surface area contributed by atoms with Crippen LogP contribution >= 0.6 is 0 Å². The second-order valence-electron chi connectivity index (χ2n) is 7.22. The lowest BCUT2D eigenvalue weighted by Gasteiger charge is -2.26. The lowest BCUT2D eigenvalue weighted by molar-refractivity contribution is -0.170. The zero-order valence-corrected chi connectivity index (χ0v) is 17.3. The molecule has 164 valence electrons. The number of cyclic esters (lactones) is 1. The minimum atomic E-state index is -5.11. The fraction of sp³-hybridized carbons (Fsp3) is 0.476. The van der Waals surface area contributed by atoms with Crippen LogP contribution in [-0.2, 0) is 33.8 Å². The molecule has 0 radical (unpaired) electrons. The molecule has 1 aliphatic heterocycles. The van der Waals surface area contributed by atoms with Gasteiger partial charge in [0.2, 0.25) is 0 Å². The Morgan fingerprint density at radius 3 is 2.40 bits per heavy atom. The summed E-state index contributed by atoms with van der Waals surface area (Å²) in [5, 5.41) is 8.83. The molecule has 1 aromatic carbocycles. The van der Waals surface area contributed by atoms with Gasteiger partial charge in [-0.1, -0.05) is 18.6 Å². The average molecular weight is 427 g/mol. The Hall–Kier alpha value is -2.84. The number of carboxylic acids is 1. The number of carbonyl (C=O) groups excluding carboxylic acids is 2. The molecule has 0 aromatic heterocycles. The monoisotopic (exact) mass is 427 g/mol. The minimum Gasteiger partial charge on any atom is -0.481 e. The van der Waals surface area contributed by atoms with Crippen LogP contribution in [0.5, 0.6) is 0 Å². The van der Waals surface area contributed by atoms with Crippen molar-refractivity contribution in [1.29, 1.82) is 0 Å². The molecule has 0 saturated carbocycles. The van der Waals surface area contributed by atoms with E-state index in [0.29, 0.717) is 22.4 Å². The van der Waals surface area contributed by atoms with Crippen LogP contribution in [0.25, 0.3) is 0 Å². The van der Waals surface area contributed by atoms with Gasteiger partial charge in [0.1, 0.15) is 6.61 Å². The molecule has 0 unspecified atom stereocenters. The smallest absolute Gasteiger partial charge is 0.471 e. The van der Waals surface area contributed by atoms with Crippen LogP contribution in [0.1, 0.15) is 59.3 Å². The van der Waals surface area contributed by atoms with Crippen LogP contribution in [0.3, 0.4) is 0 Å². The van der Waals surface area contributed by atoms with Crippen molar-refractivity contribution in [3.8, 4) is 0 Å². The van der Waals surface area contributed by atoms with Crippen LogP contribution in [-0.4, -0.2) is 36.2 Å². The Balaban J connectivity index is 2.67.